The number of amides is 1. The maximum absolute atomic E-state index is 13.1. The molecular formula is C27H35N5O5S. The topological polar surface area (TPSA) is 131 Å². The van der Waals surface area contributed by atoms with Crippen LogP contribution in [0.4, 0.5) is 11.5 Å². The van der Waals surface area contributed by atoms with Crippen LogP contribution in [0.1, 0.15) is 45.1 Å². The molecule has 3 heterocycles. The van der Waals surface area contributed by atoms with Gasteiger partial charge in [-0.05, 0) is 68.2 Å². The smallest absolute Gasteiger partial charge is 0.235 e. The standard InChI is InChI=1S/C27H35N5O5S/c1-4-37-23-12-17(38(34,35)5-2)14-28-25(23)30-24-18-8-6-15(10-22(18)31-32-24)20-13-27(20)19-11-16(36-3)7-9-21(19)29-26(27)33/h7,9,11-12,14-15,18,20,22,24,31-32H,4-6,8,10,13H2,1-3H3,(H,28,30)(H,29,33)/t15?,18?,20-,22?,24?,27-/m0/s1. The quantitative estimate of drug-likeness (QED) is 0.398. The molecule has 0 radical (unpaired) electrons. The molecule has 4 unspecified atom stereocenters. The van der Waals surface area contributed by atoms with Gasteiger partial charge in [0, 0.05) is 29.9 Å². The molecule has 6 atom stereocenters. The number of nitrogens with zero attached hydrogens (tertiary/aromatic N) is 1. The molecule has 3 fully saturated rings. The normalized spacial score (nSPS) is 31.4. The Morgan fingerprint density at radius 1 is 1.18 bits per heavy atom. The third kappa shape index (κ3) is 4.02. The van der Waals surface area contributed by atoms with E-state index in [4.69, 9.17) is 9.47 Å². The maximum Gasteiger partial charge on any atom is 0.235 e. The van der Waals surface area contributed by atoms with Crippen molar-refractivity contribution in [3.8, 4) is 11.5 Å². The van der Waals surface area contributed by atoms with Crippen molar-refractivity contribution in [1.29, 1.82) is 0 Å². The van der Waals surface area contributed by atoms with Crippen LogP contribution in [0, 0.1) is 17.8 Å². The van der Waals surface area contributed by atoms with Gasteiger partial charge in [0.25, 0.3) is 0 Å². The summed E-state index contributed by atoms with van der Waals surface area (Å²) in [6.45, 7) is 3.88. The summed E-state index contributed by atoms with van der Waals surface area (Å²) in [6, 6.07) is 7.67. The molecule has 10 nitrogen and oxygen atoms in total. The predicted octanol–water partition coefficient (Wildman–Crippen LogP) is 2.82. The number of fused-ring (bicyclic) bond motifs is 3. The molecule has 2 aliphatic carbocycles. The third-order valence-corrected chi connectivity index (χ3v) is 10.6. The average Bonchev–Trinajstić information content (AvgIpc) is 3.47. The van der Waals surface area contributed by atoms with E-state index in [0.717, 1.165) is 42.7 Å². The van der Waals surface area contributed by atoms with Gasteiger partial charge in [-0.25, -0.2) is 18.8 Å². The largest absolute Gasteiger partial charge is 0.497 e. The highest BCUT2D eigenvalue weighted by molar-refractivity contribution is 7.91. The number of hydrogen-bond donors (Lipinski definition) is 4. The van der Waals surface area contributed by atoms with E-state index < -0.39 is 15.3 Å². The van der Waals surface area contributed by atoms with E-state index in [1.807, 2.05) is 25.1 Å². The van der Waals surface area contributed by atoms with Crippen LogP contribution in [-0.2, 0) is 20.0 Å². The van der Waals surface area contributed by atoms with Crippen LogP contribution in [0.25, 0.3) is 0 Å². The highest BCUT2D eigenvalue weighted by Crippen LogP contribution is 2.65. The number of hydrazine groups is 1. The first-order chi connectivity index (χ1) is 18.3. The summed E-state index contributed by atoms with van der Waals surface area (Å²) in [4.78, 5) is 17.7. The van der Waals surface area contributed by atoms with E-state index in [1.54, 1.807) is 20.1 Å². The van der Waals surface area contributed by atoms with Crippen molar-refractivity contribution in [3.63, 3.8) is 0 Å². The van der Waals surface area contributed by atoms with Gasteiger partial charge in [0.15, 0.2) is 21.4 Å². The molecule has 4 N–H and O–H groups in total. The van der Waals surface area contributed by atoms with E-state index in [1.165, 1.54) is 6.20 Å². The number of anilines is 2. The molecule has 1 aromatic carbocycles. The molecule has 38 heavy (non-hydrogen) atoms. The van der Waals surface area contributed by atoms with Crippen LogP contribution >= 0.6 is 0 Å². The molecule has 2 aliphatic heterocycles. The number of sulfone groups is 1. The van der Waals surface area contributed by atoms with Crippen LogP contribution in [0.15, 0.2) is 35.4 Å². The van der Waals surface area contributed by atoms with Crippen molar-refractivity contribution in [3.05, 3.63) is 36.0 Å². The van der Waals surface area contributed by atoms with Crippen LogP contribution in [0.2, 0.25) is 0 Å². The van der Waals surface area contributed by atoms with Crippen molar-refractivity contribution in [2.75, 3.05) is 30.1 Å². The fourth-order valence-corrected chi connectivity index (χ4v) is 7.63. The molecule has 204 valence electrons. The van der Waals surface area contributed by atoms with Gasteiger partial charge in [0.2, 0.25) is 5.91 Å². The molecular weight excluding hydrogens is 506 g/mol. The number of aromatic nitrogens is 1. The number of carbonyl (C=O) groups is 1. The first-order valence-corrected chi connectivity index (χ1v) is 15.1. The number of carbonyl (C=O) groups excluding carboxylic acids is 1. The maximum atomic E-state index is 13.1. The Bertz CT molecular complexity index is 1370. The minimum atomic E-state index is -3.38. The molecule has 11 heteroatoms. The van der Waals surface area contributed by atoms with Crippen LogP contribution in [-0.4, -0.2) is 51.0 Å². The SMILES string of the molecule is CCOc1cc(S(=O)(=O)CC)cnc1NC1NNC2CC([C@@H]3C[C@@]34C(=O)Nc3ccc(OC)cc34)CCC21. The Hall–Kier alpha value is -2.89. The molecule has 4 aliphatic rings. The Kier molecular flexibility index (Phi) is 6.27. The Balaban J connectivity index is 1.15. The van der Waals surface area contributed by atoms with Gasteiger partial charge in [-0.2, -0.15) is 0 Å². The number of pyridine rings is 1. The fourth-order valence-electron chi connectivity index (χ4n) is 6.80. The van der Waals surface area contributed by atoms with Crippen molar-refractivity contribution in [2.24, 2.45) is 17.8 Å². The second kappa shape index (κ2) is 9.39. The zero-order valence-electron chi connectivity index (χ0n) is 21.9. The van der Waals surface area contributed by atoms with Gasteiger partial charge in [-0.1, -0.05) is 6.92 Å². The van der Waals surface area contributed by atoms with Crippen LogP contribution in [0.5, 0.6) is 11.5 Å². The highest BCUT2D eigenvalue weighted by Gasteiger charge is 2.67. The summed E-state index contributed by atoms with van der Waals surface area (Å²) in [5.41, 5.74) is 8.41. The highest BCUT2D eigenvalue weighted by atomic mass is 32.2. The summed E-state index contributed by atoms with van der Waals surface area (Å²) >= 11 is 0. The van der Waals surface area contributed by atoms with E-state index in [2.05, 4.69) is 26.5 Å². The van der Waals surface area contributed by atoms with Gasteiger partial charge >= 0.3 is 0 Å². The lowest BCUT2D eigenvalue weighted by atomic mass is 9.74. The van der Waals surface area contributed by atoms with Crippen LogP contribution in [0.3, 0.4) is 0 Å². The summed E-state index contributed by atoms with van der Waals surface area (Å²) in [6.07, 6.45) is 5.22. The summed E-state index contributed by atoms with van der Waals surface area (Å²) < 4.78 is 35.9. The number of hydrogen-bond acceptors (Lipinski definition) is 9. The molecule has 2 saturated carbocycles. The minimum Gasteiger partial charge on any atom is -0.497 e. The number of ether oxygens (including phenoxy) is 2. The average molecular weight is 542 g/mol. The van der Waals surface area contributed by atoms with Crippen molar-refractivity contribution >= 4 is 27.2 Å². The first-order valence-electron chi connectivity index (χ1n) is 13.4. The third-order valence-electron chi connectivity index (χ3n) is 8.90. The lowest BCUT2D eigenvalue weighted by Crippen LogP contribution is -2.39. The Morgan fingerprint density at radius 2 is 2.03 bits per heavy atom. The van der Waals surface area contributed by atoms with E-state index in [0.29, 0.717) is 35.9 Å². The summed E-state index contributed by atoms with van der Waals surface area (Å²) in [5.74, 6) is 2.96. The lowest BCUT2D eigenvalue weighted by Gasteiger charge is -2.34. The summed E-state index contributed by atoms with van der Waals surface area (Å²) in [5, 5.41) is 6.54. The second-order valence-electron chi connectivity index (χ2n) is 10.8. The molecule has 1 aromatic heterocycles. The molecule has 1 spiro atoms. The van der Waals surface area contributed by atoms with Gasteiger partial charge in [0.05, 0.1) is 35.9 Å². The lowest BCUT2D eigenvalue weighted by molar-refractivity contribution is -0.118. The van der Waals surface area contributed by atoms with Gasteiger partial charge in [-0.3, -0.25) is 10.2 Å². The number of nitrogens with one attached hydrogen (secondary N) is 4. The predicted molar refractivity (Wildman–Crippen MR) is 143 cm³/mol. The van der Waals surface area contributed by atoms with Gasteiger partial charge in [0.1, 0.15) is 5.75 Å². The molecule has 1 saturated heterocycles. The van der Waals surface area contributed by atoms with Crippen molar-refractivity contribution in [2.45, 2.75) is 62.0 Å². The van der Waals surface area contributed by atoms with Crippen molar-refractivity contribution in [1.82, 2.24) is 15.8 Å². The number of rotatable bonds is 8. The van der Waals surface area contributed by atoms with E-state index in [-0.39, 0.29) is 28.8 Å². The molecule has 0 bridgehead atoms. The van der Waals surface area contributed by atoms with Crippen molar-refractivity contribution < 1.29 is 22.7 Å². The van der Waals surface area contributed by atoms with Crippen LogP contribution < -0.4 is 31.0 Å². The van der Waals surface area contributed by atoms with E-state index in [9.17, 15) is 13.2 Å². The fraction of sp³-hybridized carbons (Fsp3) is 0.556. The van der Waals surface area contributed by atoms with E-state index >= 15 is 0 Å². The summed E-state index contributed by atoms with van der Waals surface area (Å²) in [7, 11) is -1.73. The number of benzene rings is 1. The number of methoxy groups -OCH3 is 1. The second-order valence-corrected chi connectivity index (χ2v) is 13.0. The molecule has 1 amide bonds. The zero-order valence-corrected chi connectivity index (χ0v) is 22.7. The van der Waals surface area contributed by atoms with Gasteiger partial charge in [-0.15, -0.1) is 0 Å². The molecule has 6 rings (SSSR count). The Labute approximate surface area is 223 Å². The van der Waals surface area contributed by atoms with Gasteiger partial charge < -0.3 is 20.1 Å². The minimum absolute atomic E-state index is 0.00904. The molecule has 2 aromatic rings. The first kappa shape index (κ1) is 25.4. The monoisotopic (exact) mass is 541 g/mol. The zero-order chi connectivity index (χ0) is 26.7. The Morgan fingerprint density at radius 3 is 2.79 bits per heavy atom.